The van der Waals surface area contributed by atoms with Crippen LogP contribution in [0.25, 0.3) is 10.9 Å². The molecule has 1 aromatic heterocycles. The first-order valence-electron chi connectivity index (χ1n) is 7.90. The third-order valence-electron chi connectivity index (χ3n) is 3.91. The summed E-state index contributed by atoms with van der Waals surface area (Å²) in [5.41, 5.74) is 2.40. The van der Waals surface area contributed by atoms with Crippen molar-refractivity contribution in [2.75, 3.05) is 5.32 Å². The molecule has 2 aromatic carbocycles. The summed E-state index contributed by atoms with van der Waals surface area (Å²) in [6.07, 6.45) is 1.25. The van der Waals surface area contributed by atoms with Crippen molar-refractivity contribution >= 4 is 22.5 Å². The van der Waals surface area contributed by atoms with Gasteiger partial charge in [0, 0.05) is 11.1 Å². The van der Waals surface area contributed by atoms with Crippen molar-refractivity contribution in [1.82, 2.24) is 9.78 Å². The van der Waals surface area contributed by atoms with Gasteiger partial charge in [-0.05, 0) is 29.7 Å². The normalized spacial score (nSPS) is 11.0. The molecule has 0 saturated carbocycles. The van der Waals surface area contributed by atoms with E-state index in [0.29, 0.717) is 16.8 Å². The second-order valence-corrected chi connectivity index (χ2v) is 5.97. The third-order valence-corrected chi connectivity index (χ3v) is 3.91. The first-order valence-corrected chi connectivity index (χ1v) is 7.90. The standard InChI is InChI=1S/C19H19N3O2/c1-13(2)14-7-3-5-9-16(14)21-19(24)12-22-17-10-6-4-8-15(17)18(23)11-20-22/h3-11,13H,12H2,1-2H3,(H,21,24). The van der Waals surface area contributed by atoms with Crippen LogP contribution in [0.4, 0.5) is 5.69 Å². The molecule has 3 aromatic rings. The molecule has 0 unspecified atom stereocenters. The van der Waals surface area contributed by atoms with Gasteiger partial charge in [0.2, 0.25) is 11.3 Å². The Hall–Kier alpha value is -2.95. The van der Waals surface area contributed by atoms with E-state index in [-0.39, 0.29) is 17.9 Å². The second-order valence-electron chi connectivity index (χ2n) is 5.97. The van der Waals surface area contributed by atoms with Gasteiger partial charge in [0.05, 0.1) is 11.7 Å². The number of hydrogen-bond donors (Lipinski definition) is 1. The Balaban J connectivity index is 1.87. The van der Waals surface area contributed by atoms with Crippen LogP contribution in [0.1, 0.15) is 25.3 Å². The fourth-order valence-corrected chi connectivity index (χ4v) is 2.73. The average Bonchev–Trinajstić information content (AvgIpc) is 2.58. The molecule has 0 aliphatic carbocycles. The van der Waals surface area contributed by atoms with Crippen LogP contribution in [0.5, 0.6) is 0 Å². The predicted octanol–water partition coefficient (Wildman–Crippen LogP) is 3.16. The average molecular weight is 321 g/mol. The number of nitrogens with one attached hydrogen (secondary N) is 1. The van der Waals surface area contributed by atoms with E-state index in [1.165, 1.54) is 6.20 Å². The number of benzene rings is 2. The molecule has 0 radical (unpaired) electrons. The molecule has 122 valence electrons. The lowest BCUT2D eigenvalue weighted by Crippen LogP contribution is -2.23. The Morgan fingerprint density at radius 1 is 1.12 bits per heavy atom. The number of amides is 1. The van der Waals surface area contributed by atoms with Crippen molar-refractivity contribution in [3.05, 3.63) is 70.5 Å². The first kappa shape index (κ1) is 15.9. The van der Waals surface area contributed by atoms with Crippen LogP contribution in [-0.2, 0) is 11.3 Å². The minimum absolute atomic E-state index is 0.0488. The predicted molar refractivity (Wildman–Crippen MR) is 95.2 cm³/mol. The van der Waals surface area contributed by atoms with Crippen molar-refractivity contribution in [3.63, 3.8) is 0 Å². The Labute approximate surface area is 139 Å². The zero-order chi connectivity index (χ0) is 17.1. The molecule has 24 heavy (non-hydrogen) atoms. The molecule has 3 rings (SSSR count). The Kier molecular flexibility index (Phi) is 4.42. The molecule has 1 heterocycles. The number of para-hydroxylation sites is 2. The molecule has 5 heteroatoms. The highest BCUT2D eigenvalue weighted by molar-refractivity contribution is 5.92. The minimum atomic E-state index is -0.176. The highest BCUT2D eigenvalue weighted by Gasteiger charge is 2.11. The molecule has 1 amide bonds. The quantitative estimate of drug-likeness (QED) is 0.803. The summed E-state index contributed by atoms with van der Waals surface area (Å²) < 4.78 is 1.55. The molecule has 5 nitrogen and oxygen atoms in total. The molecular formula is C19H19N3O2. The number of hydrogen-bond acceptors (Lipinski definition) is 3. The van der Waals surface area contributed by atoms with E-state index in [4.69, 9.17) is 0 Å². The molecular weight excluding hydrogens is 302 g/mol. The molecule has 1 N–H and O–H groups in total. The zero-order valence-corrected chi connectivity index (χ0v) is 13.7. The van der Waals surface area contributed by atoms with Crippen molar-refractivity contribution in [3.8, 4) is 0 Å². The van der Waals surface area contributed by atoms with Gasteiger partial charge in [0.1, 0.15) is 6.54 Å². The minimum Gasteiger partial charge on any atom is -0.324 e. The number of aromatic nitrogens is 2. The summed E-state index contributed by atoms with van der Waals surface area (Å²) in [4.78, 5) is 24.3. The first-order chi connectivity index (χ1) is 11.6. The maximum atomic E-state index is 12.4. The molecule has 0 atom stereocenters. The molecule has 0 aliphatic rings. The van der Waals surface area contributed by atoms with Crippen molar-refractivity contribution in [2.45, 2.75) is 26.3 Å². The Morgan fingerprint density at radius 2 is 1.83 bits per heavy atom. The van der Waals surface area contributed by atoms with Gasteiger partial charge in [0.25, 0.3) is 0 Å². The van der Waals surface area contributed by atoms with Gasteiger partial charge >= 0.3 is 0 Å². The lowest BCUT2D eigenvalue weighted by Gasteiger charge is -2.14. The lowest BCUT2D eigenvalue weighted by atomic mass is 10.0. The summed E-state index contributed by atoms with van der Waals surface area (Å²) >= 11 is 0. The van der Waals surface area contributed by atoms with Gasteiger partial charge in [-0.3, -0.25) is 14.3 Å². The smallest absolute Gasteiger partial charge is 0.246 e. The Morgan fingerprint density at radius 3 is 2.62 bits per heavy atom. The SMILES string of the molecule is CC(C)c1ccccc1NC(=O)Cn1ncc(=O)c2ccccc21. The van der Waals surface area contributed by atoms with Crippen LogP contribution >= 0.6 is 0 Å². The summed E-state index contributed by atoms with van der Waals surface area (Å²) in [7, 11) is 0. The van der Waals surface area contributed by atoms with E-state index < -0.39 is 0 Å². The molecule has 0 fully saturated rings. The van der Waals surface area contributed by atoms with Crippen LogP contribution in [0.2, 0.25) is 0 Å². The van der Waals surface area contributed by atoms with Crippen LogP contribution in [0, 0.1) is 0 Å². The number of anilines is 1. The fourth-order valence-electron chi connectivity index (χ4n) is 2.73. The topological polar surface area (TPSA) is 64.0 Å². The van der Waals surface area contributed by atoms with Crippen molar-refractivity contribution in [2.24, 2.45) is 0 Å². The maximum Gasteiger partial charge on any atom is 0.246 e. The van der Waals surface area contributed by atoms with Crippen molar-refractivity contribution < 1.29 is 4.79 Å². The summed E-state index contributed by atoms with van der Waals surface area (Å²) in [6.45, 7) is 4.22. The zero-order valence-electron chi connectivity index (χ0n) is 13.7. The van der Waals surface area contributed by atoms with Crippen LogP contribution in [0.3, 0.4) is 0 Å². The summed E-state index contributed by atoms with van der Waals surface area (Å²) in [5, 5.41) is 7.59. The second kappa shape index (κ2) is 6.66. The van der Waals surface area contributed by atoms with Crippen LogP contribution in [0.15, 0.2) is 59.5 Å². The van der Waals surface area contributed by atoms with E-state index in [2.05, 4.69) is 24.3 Å². The molecule has 0 spiro atoms. The van der Waals surface area contributed by atoms with Gasteiger partial charge in [0.15, 0.2) is 0 Å². The Bertz CT molecular complexity index is 944. The highest BCUT2D eigenvalue weighted by Crippen LogP contribution is 2.23. The van der Waals surface area contributed by atoms with Crippen molar-refractivity contribution in [1.29, 1.82) is 0 Å². The van der Waals surface area contributed by atoms with Gasteiger partial charge in [-0.1, -0.05) is 44.2 Å². The number of carbonyl (C=O) groups excluding carboxylic acids is 1. The van der Waals surface area contributed by atoms with Gasteiger partial charge in [-0.15, -0.1) is 0 Å². The van der Waals surface area contributed by atoms with E-state index in [1.54, 1.807) is 22.9 Å². The number of fused-ring (bicyclic) bond motifs is 1. The summed E-state index contributed by atoms with van der Waals surface area (Å²) in [6, 6.07) is 14.9. The molecule has 0 bridgehead atoms. The molecule has 0 saturated heterocycles. The number of carbonyl (C=O) groups is 1. The van der Waals surface area contributed by atoms with E-state index in [0.717, 1.165) is 11.3 Å². The van der Waals surface area contributed by atoms with Gasteiger partial charge in [-0.2, -0.15) is 5.10 Å². The van der Waals surface area contributed by atoms with Crippen LogP contribution in [-0.4, -0.2) is 15.7 Å². The summed E-state index contributed by atoms with van der Waals surface area (Å²) in [5.74, 6) is 0.136. The van der Waals surface area contributed by atoms with Gasteiger partial charge < -0.3 is 5.32 Å². The van der Waals surface area contributed by atoms with E-state index >= 15 is 0 Å². The van der Waals surface area contributed by atoms with E-state index in [9.17, 15) is 9.59 Å². The van der Waals surface area contributed by atoms with Crippen LogP contribution < -0.4 is 10.7 Å². The maximum absolute atomic E-state index is 12.4. The largest absolute Gasteiger partial charge is 0.324 e. The number of nitrogens with zero attached hydrogens (tertiary/aromatic N) is 2. The highest BCUT2D eigenvalue weighted by atomic mass is 16.2. The lowest BCUT2D eigenvalue weighted by molar-refractivity contribution is -0.116. The monoisotopic (exact) mass is 321 g/mol. The molecule has 0 aliphatic heterocycles. The third kappa shape index (κ3) is 3.20. The fraction of sp³-hybridized carbons (Fsp3) is 0.211. The van der Waals surface area contributed by atoms with Gasteiger partial charge in [-0.25, -0.2) is 0 Å². The number of rotatable bonds is 4. The van der Waals surface area contributed by atoms with E-state index in [1.807, 2.05) is 30.3 Å².